The van der Waals surface area contributed by atoms with Gasteiger partial charge in [-0.05, 0) is 39.3 Å². The van der Waals surface area contributed by atoms with Crippen molar-refractivity contribution in [1.29, 1.82) is 0 Å². The van der Waals surface area contributed by atoms with E-state index in [-0.39, 0.29) is 11.9 Å². The first kappa shape index (κ1) is 15.4. The summed E-state index contributed by atoms with van der Waals surface area (Å²) in [7, 11) is 0. The average molecular weight is 256 g/mol. The quantitative estimate of drug-likeness (QED) is 0.758. The summed E-state index contributed by atoms with van der Waals surface area (Å²) in [5, 5.41) is 12.5. The first-order chi connectivity index (χ1) is 8.65. The minimum atomic E-state index is -0.407. The van der Waals surface area contributed by atoms with Gasteiger partial charge in [0.1, 0.15) is 0 Å². The summed E-state index contributed by atoms with van der Waals surface area (Å²) in [6, 6.07) is -0.0723. The SMILES string of the molecule is CCCC(O)CNC(=O)C(C)N1CCCCCC1. The average Bonchev–Trinajstić information content (AvgIpc) is 2.64. The highest BCUT2D eigenvalue weighted by molar-refractivity contribution is 5.81. The number of hydrogen-bond acceptors (Lipinski definition) is 3. The van der Waals surface area contributed by atoms with Crippen LogP contribution in [0.15, 0.2) is 0 Å². The van der Waals surface area contributed by atoms with E-state index < -0.39 is 6.10 Å². The van der Waals surface area contributed by atoms with Gasteiger partial charge in [-0.1, -0.05) is 26.2 Å². The molecule has 0 aromatic heterocycles. The molecule has 0 aromatic rings. The number of carbonyl (C=O) groups is 1. The second-order valence-electron chi connectivity index (χ2n) is 5.31. The monoisotopic (exact) mass is 256 g/mol. The molecule has 0 spiro atoms. The largest absolute Gasteiger partial charge is 0.391 e. The van der Waals surface area contributed by atoms with E-state index in [1.807, 2.05) is 13.8 Å². The van der Waals surface area contributed by atoms with Crippen molar-refractivity contribution < 1.29 is 9.90 Å². The molecule has 1 amide bonds. The molecule has 4 nitrogen and oxygen atoms in total. The third kappa shape index (κ3) is 5.36. The van der Waals surface area contributed by atoms with Gasteiger partial charge in [-0.2, -0.15) is 0 Å². The Bertz CT molecular complexity index is 238. The van der Waals surface area contributed by atoms with Gasteiger partial charge >= 0.3 is 0 Å². The van der Waals surface area contributed by atoms with E-state index in [1.54, 1.807) is 0 Å². The molecule has 1 aliphatic rings. The maximum Gasteiger partial charge on any atom is 0.237 e. The number of likely N-dealkylation sites (tertiary alicyclic amines) is 1. The van der Waals surface area contributed by atoms with Crippen LogP contribution in [-0.2, 0) is 4.79 Å². The molecule has 18 heavy (non-hydrogen) atoms. The summed E-state index contributed by atoms with van der Waals surface area (Å²) in [4.78, 5) is 14.3. The number of nitrogens with zero attached hydrogens (tertiary/aromatic N) is 1. The Morgan fingerprint density at radius 2 is 1.89 bits per heavy atom. The second kappa shape index (κ2) is 8.48. The molecule has 2 atom stereocenters. The highest BCUT2D eigenvalue weighted by Crippen LogP contribution is 2.12. The summed E-state index contributed by atoms with van der Waals surface area (Å²) in [6.45, 7) is 6.42. The predicted octanol–water partition coefficient (Wildman–Crippen LogP) is 1.53. The van der Waals surface area contributed by atoms with E-state index in [2.05, 4.69) is 10.2 Å². The van der Waals surface area contributed by atoms with Crippen molar-refractivity contribution in [2.45, 2.75) is 64.5 Å². The van der Waals surface area contributed by atoms with Crippen molar-refractivity contribution in [2.75, 3.05) is 19.6 Å². The van der Waals surface area contributed by atoms with Crippen LogP contribution >= 0.6 is 0 Å². The molecule has 1 heterocycles. The summed E-state index contributed by atoms with van der Waals surface area (Å²) in [5.74, 6) is 0.0482. The Labute approximate surface area is 111 Å². The Balaban J connectivity index is 2.30. The topological polar surface area (TPSA) is 52.6 Å². The van der Waals surface area contributed by atoms with E-state index in [1.165, 1.54) is 25.7 Å². The van der Waals surface area contributed by atoms with Gasteiger partial charge in [0.15, 0.2) is 0 Å². The minimum absolute atomic E-state index is 0.0482. The van der Waals surface area contributed by atoms with E-state index in [0.717, 1.165) is 25.9 Å². The molecule has 0 saturated carbocycles. The van der Waals surface area contributed by atoms with E-state index in [0.29, 0.717) is 6.54 Å². The molecule has 0 aliphatic carbocycles. The molecule has 1 rings (SSSR count). The zero-order valence-corrected chi connectivity index (χ0v) is 11.8. The number of aliphatic hydroxyl groups excluding tert-OH is 1. The molecule has 2 N–H and O–H groups in total. The van der Waals surface area contributed by atoms with Crippen LogP contribution in [0.4, 0.5) is 0 Å². The van der Waals surface area contributed by atoms with Crippen LogP contribution < -0.4 is 5.32 Å². The maximum atomic E-state index is 12.0. The number of hydrogen-bond donors (Lipinski definition) is 2. The van der Waals surface area contributed by atoms with Gasteiger partial charge < -0.3 is 10.4 Å². The van der Waals surface area contributed by atoms with Crippen molar-refractivity contribution in [3.63, 3.8) is 0 Å². The number of nitrogens with one attached hydrogen (secondary N) is 1. The van der Waals surface area contributed by atoms with Crippen LogP contribution in [-0.4, -0.2) is 47.7 Å². The Morgan fingerprint density at radius 3 is 2.44 bits per heavy atom. The summed E-state index contributed by atoms with van der Waals surface area (Å²) in [6.07, 6.45) is 6.22. The smallest absolute Gasteiger partial charge is 0.237 e. The van der Waals surface area contributed by atoms with Crippen molar-refractivity contribution >= 4 is 5.91 Å². The van der Waals surface area contributed by atoms with Crippen molar-refractivity contribution in [3.8, 4) is 0 Å². The fraction of sp³-hybridized carbons (Fsp3) is 0.929. The molecule has 4 heteroatoms. The van der Waals surface area contributed by atoms with E-state index in [9.17, 15) is 9.90 Å². The van der Waals surface area contributed by atoms with Gasteiger partial charge in [0, 0.05) is 6.54 Å². The molecular formula is C14H28N2O2. The van der Waals surface area contributed by atoms with Crippen LogP contribution in [0.3, 0.4) is 0 Å². The molecule has 2 unspecified atom stereocenters. The van der Waals surface area contributed by atoms with Gasteiger partial charge in [-0.15, -0.1) is 0 Å². The van der Waals surface area contributed by atoms with Crippen LogP contribution in [0.25, 0.3) is 0 Å². The van der Waals surface area contributed by atoms with Gasteiger partial charge in [-0.3, -0.25) is 9.69 Å². The summed E-state index contributed by atoms with van der Waals surface area (Å²) >= 11 is 0. The van der Waals surface area contributed by atoms with Gasteiger partial charge in [0.05, 0.1) is 12.1 Å². The Morgan fingerprint density at radius 1 is 1.28 bits per heavy atom. The van der Waals surface area contributed by atoms with Crippen LogP contribution in [0.1, 0.15) is 52.4 Å². The fourth-order valence-electron chi connectivity index (χ4n) is 2.45. The van der Waals surface area contributed by atoms with Crippen molar-refractivity contribution in [2.24, 2.45) is 0 Å². The lowest BCUT2D eigenvalue weighted by molar-refractivity contribution is -0.126. The zero-order valence-electron chi connectivity index (χ0n) is 11.8. The standard InChI is InChI=1S/C14H28N2O2/c1-3-8-13(17)11-15-14(18)12(2)16-9-6-4-5-7-10-16/h12-13,17H,3-11H2,1-2H3,(H,15,18). The highest BCUT2D eigenvalue weighted by atomic mass is 16.3. The Hall–Kier alpha value is -0.610. The summed E-state index contributed by atoms with van der Waals surface area (Å²) < 4.78 is 0. The number of carbonyl (C=O) groups excluding carboxylic acids is 1. The van der Waals surface area contributed by atoms with Crippen molar-refractivity contribution in [3.05, 3.63) is 0 Å². The first-order valence-corrected chi connectivity index (χ1v) is 7.35. The molecule has 0 bridgehead atoms. The molecule has 1 saturated heterocycles. The van der Waals surface area contributed by atoms with Crippen molar-refractivity contribution in [1.82, 2.24) is 10.2 Å². The van der Waals surface area contributed by atoms with Gasteiger partial charge in [0.2, 0.25) is 5.91 Å². The molecule has 1 aliphatic heterocycles. The molecular weight excluding hydrogens is 228 g/mol. The maximum absolute atomic E-state index is 12.0. The predicted molar refractivity (Wildman–Crippen MR) is 73.4 cm³/mol. The van der Waals surface area contributed by atoms with Gasteiger partial charge in [-0.25, -0.2) is 0 Å². The molecule has 106 valence electrons. The number of amides is 1. The van der Waals surface area contributed by atoms with Crippen LogP contribution in [0.5, 0.6) is 0 Å². The highest BCUT2D eigenvalue weighted by Gasteiger charge is 2.22. The summed E-state index contributed by atoms with van der Waals surface area (Å²) in [5.41, 5.74) is 0. The first-order valence-electron chi connectivity index (χ1n) is 7.35. The normalized spacial score (nSPS) is 21.1. The lowest BCUT2D eigenvalue weighted by Crippen LogP contribution is -2.47. The Kier molecular flexibility index (Phi) is 7.28. The minimum Gasteiger partial charge on any atom is -0.391 e. The zero-order chi connectivity index (χ0) is 13.4. The fourth-order valence-corrected chi connectivity index (χ4v) is 2.45. The number of aliphatic hydroxyl groups is 1. The third-order valence-corrected chi connectivity index (χ3v) is 3.70. The lowest BCUT2D eigenvalue weighted by atomic mass is 10.2. The lowest BCUT2D eigenvalue weighted by Gasteiger charge is -2.26. The van der Waals surface area contributed by atoms with Crippen LogP contribution in [0.2, 0.25) is 0 Å². The molecule has 0 radical (unpaired) electrons. The third-order valence-electron chi connectivity index (χ3n) is 3.70. The molecule has 1 fully saturated rings. The van der Waals surface area contributed by atoms with E-state index >= 15 is 0 Å². The second-order valence-corrected chi connectivity index (χ2v) is 5.31. The van der Waals surface area contributed by atoms with E-state index in [4.69, 9.17) is 0 Å². The van der Waals surface area contributed by atoms with Gasteiger partial charge in [0.25, 0.3) is 0 Å². The number of rotatable bonds is 6. The van der Waals surface area contributed by atoms with Crippen LogP contribution in [0, 0.1) is 0 Å². The molecule has 0 aromatic carbocycles.